The van der Waals surface area contributed by atoms with E-state index in [0.717, 1.165) is 23.9 Å². The van der Waals surface area contributed by atoms with Crippen LogP contribution in [0.25, 0.3) is 0 Å². The summed E-state index contributed by atoms with van der Waals surface area (Å²) in [6, 6.07) is 7.65. The number of amides is 1. The first-order valence-corrected chi connectivity index (χ1v) is 12.0. The summed E-state index contributed by atoms with van der Waals surface area (Å²) >= 11 is 1.02. The van der Waals surface area contributed by atoms with Gasteiger partial charge < -0.3 is 14.8 Å². The van der Waals surface area contributed by atoms with Crippen LogP contribution in [0.2, 0.25) is 0 Å². The number of hydrogen-bond donors (Lipinski definition) is 1. The van der Waals surface area contributed by atoms with Crippen molar-refractivity contribution in [3.8, 4) is 5.75 Å². The fourth-order valence-electron chi connectivity index (χ4n) is 2.89. The number of halogens is 2. The zero-order valence-corrected chi connectivity index (χ0v) is 18.4. The predicted octanol–water partition coefficient (Wildman–Crippen LogP) is 3.12. The second-order valence-corrected chi connectivity index (χ2v) is 9.51. The fraction of sp³-hybridized carbons (Fsp3) is 0.350. The van der Waals surface area contributed by atoms with Gasteiger partial charge in [0.15, 0.2) is 11.6 Å². The number of sulfonamides is 1. The predicted molar refractivity (Wildman–Crippen MR) is 113 cm³/mol. The highest BCUT2D eigenvalue weighted by atomic mass is 32.2. The van der Waals surface area contributed by atoms with Gasteiger partial charge in [0.1, 0.15) is 5.75 Å². The quantitative estimate of drug-likeness (QED) is 0.595. The fourth-order valence-corrected chi connectivity index (χ4v) is 5.04. The molecule has 0 unspecified atom stereocenters. The van der Waals surface area contributed by atoms with E-state index in [1.165, 1.54) is 28.6 Å². The number of ether oxygens (including phenoxy) is 2. The van der Waals surface area contributed by atoms with Crippen LogP contribution in [-0.2, 0) is 19.6 Å². The molecule has 7 nitrogen and oxygen atoms in total. The van der Waals surface area contributed by atoms with Crippen molar-refractivity contribution in [2.45, 2.75) is 16.7 Å². The van der Waals surface area contributed by atoms with Crippen molar-refractivity contribution in [3.63, 3.8) is 0 Å². The van der Waals surface area contributed by atoms with E-state index in [1.807, 2.05) is 0 Å². The summed E-state index contributed by atoms with van der Waals surface area (Å²) in [5.41, 5.74) is 0.215. The van der Waals surface area contributed by atoms with E-state index < -0.39 is 27.6 Å². The Hall–Kier alpha value is -2.21. The van der Waals surface area contributed by atoms with Crippen LogP contribution in [0.3, 0.4) is 0 Å². The van der Waals surface area contributed by atoms with E-state index in [9.17, 15) is 22.0 Å². The molecule has 168 valence electrons. The summed E-state index contributed by atoms with van der Waals surface area (Å²) in [4.78, 5) is 12.8. The van der Waals surface area contributed by atoms with Crippen molar-refractivity contribution < 1.29 is 31.5 Å². The molecule has 1 saturated heterocycles. The van der Waals surface area contributed by atoms with Gasteiger partial charge in [-0.05, 0) is 43.3 Å². The normalized spacial score (nSPS) is 14.9. The van der Waals surface area contributed by atoms with E-state index in [-0.39, 0.29) is 29.4 Å². The van der Waals surface area contributed by atoms with E-state index in [0.29, 0.717) is 30.5 Å². The number of hydrogen-bond acceptors (Lipinski definition) is 6. The van der Waals surface area contributed by atoms with E-state index in [2.05, 4.69) is 5.32 Å². The molecule has 0 aromatic heterocycles. The van der Waals surface area contributed by atoms with E-state index in [1.54, 1.807) is 6.92 Å². The lowest BCUT2D eigenvalue weighted by molar-refractivity contribution is -0.113. The van der Waals surface area contributed by atoms with Gasteiger partial charge in [-0.25, -0.2) is 17.2 Å². The molecule has 0 bridgehead atoms. The highest BCUT2D eigenvalue weighted by molar-refractivity contribution is 8.00. The lowest BCUT2D eigenvalue weighted by Gasteiger charge is -2.26. The first-order valence-electron chi connectivity index (χ1n) is 9.53. The molecule has 0 aliphatic carbocycles. The average Bonchev–Trinajstić information content (AvgIpc) is 2.76. The molecule has 2 aromatic carbocycles. The molecule has 0 radical (unpaired) electrons. The average molecular weight is 473 g/mol. The molecule has 1 aliphatic heterocycles. The minimum Gasteiger partial charge on any atom is -0.492 e. The van der Waals surface area contributed by atoms with Crippen molar-refractivity contribution in [1.82, 2.24) is 4.31 Å². The second-order valence-electron chi connectivity index (χ2n) is 6.52. The molecular weight excluding hydrogens is 450 g/mol. The van der Waals surface area contributed by atoms with Gasteiger partial charge in [0.2, 0.25) is 15.9 Å². The molecule has 0 atom stereocenters. The lowest BCUT2D eigenvalue weighted by atomic mass is 10.3. The zero-order chi connectivity index (χ0) is 22.4. The molecular formula is C20H22F2N2O5S2. The molecule has 1 heterocycles. The number of nitrogens with zero attached hydrogens (tertiary/aromatic N) is 1. The maximum Gasteiger partial charge on any atom is 0.243 e. The Morgan fingerprint density at radius 3 is 2.58 bits per heavy atom. The van der Waals surface area contributed by atoms with Crippen molar-refractivity contribution in [1.29, 1.82) is 0 Å². The highest BCUT2D eigenvalue weighted by Crippen LogP contribution is 2.30. The molecule has 11 heteroatoms. The Kier molecular flexibility index (Phi) is 7.87. The summed E-state index contributed by atoms with van der Waals surface area (Å²) in [7, 11) is -3.75. The maximum atomic E-state index is 13.3. The smallest absolute Gasteiger partial charge is 0.243 e. The molecule has 1 amide bonds. The monoisotopic (exact) mass is 472 g/mol. The molecule has 0 saturated carbocycles. The summed E-state index contributed by atoms with van der Waals surface area (Å²) in [6.45, 7) is 3.23. The molecule has 2 aromatic rings. The van der Waals surface area contributed by atoms with Crippen LogP contribution in [0.15, 0.2) is 46.2 Å². The van der Waals surface area contributed by atoms with Crippen LogP contribution in [0, 0.1) is 11.6 Å². The number of benzene rings is 2. The summed E-state index contributed by atoms with van der Waals surface area (Å²) in [5, 5.41) is 2.65. The Morgan fingerprint density at radius 2 is 1.90 bits per heavy atom. The minimum atomic E-state index is -3.75. The van der Waals surface area contributed by atoms with Crippen molar-refractivity contribution in [3.05, 3.63) is 48.0 Å². The van der Waals surface area contributed by atoms with Crippen LogP contribution >= 0.6 is 11.8 Å². The van der Waals surface area contributed by atoms with Gasteiger partial charge in [0, 0.05) is 18.0 Å². The molecule has 1 aliphatic rings. The van der Waals surface area contributed by atoms with E-state index >= 15 is 0 Å². The van der Waals surface area contributed by atoms with Gasteiger partial charge in [-0.2, -0.15) is 4.31 Å². The third-order valence-electron chi connectivity index (χ3n) is 4.39. The summed E-state index contributed by atoms with van der Waals surface area (Å²) < 4.78 is 64.2. The van der Waals surface area contributed by atoms with Gasteiger partial charge >= 0.3 is 0 Å². The maximum absolute atomic E-state index is 13.3. The van der Waals surface area contributed by atoms with Crippen LogP contribution in [0.1, 0.15) is 6.92 Å². The molecule has 1 N–H and O–H groups in total. The van der Waals surface area contributed by atoms with Gasteiger partial charge in [-0.15, -0.1) is 11.8 Å². The molecule has 3 rings (SSSR count). The van der Waals surface area contributed by atoms with Crippen molar-refractivity contribution >= 4 is 33.4 Å². The van der Waals surface area contributed by atoms with Gasteiger partial charge in [-0.3, -0.25) is 4.79 Å². The first-order chi connectivity index (χ1) is 14.8. The molecule has 31 heavy (non-hydrogen) atoms. The molecule has 0 spiro atoms. The lowest BCUT2D eigenvalue weighted by Crippen LogP contribution is -2.40. The van der Waals surface area contributed by atoms with Crippen LogP contribution in [0.4, 0.5) is 14.5 Å². The number of carbonyl (C=O) groups excluding carboxylic acids is 1. The number of morpholine rings is 1. The zero-order valence-electron chi connectivity index (χ0n) is 16.8. The van der Waals surface area contributed by atoms with Gasteiger partial charge in [-0.1, -0.05) is 0 Å². The van der Waals surface area contributed by atoms with Crippen LogP contribution < -0.4 is 10.1 Å². The van der Waals surface area contributed by atoms with Gasteiger partial charge in [0.25, 0.3) is 0 Å². The number of thioether (sulfide) groups is 1. The number of rotatable bonds is 8. The summed E-state index contributed by atoms with van der Waals surface area (Å²) in [6.07, 6.45) is 0. The third-order valence-corrected chi connectivity index (χ3v) is 7.28. The second kappa shape index (κ2) is 10.4. The minimum absolute atomic E-state index is 0.0291. The third kappa shape index (κ3) is 5.94. The SMILES string of the molecule is CCOc1ccc(S(=O)(=O)N2CCOCC2)cc1NC(=O)CSc1ccc(F)c(F)c1. The van der Waals surface area contributed by atoms with Gasteiger partial charge in [0.05, 0.1) is 36.2 Å². The van der Waals surface area contributed by atoms with Crippen LogP contribution in [-0.4, -0.2) is 57.3 Å². The first kappa shape index (κ1) is 23.5. The largest absolute Gasteiger partial charge is 0.492 e. The molecule has 1 fully saturated rings. The van der Waals surface area contributed by atoms with Crippen molar-refractivity contribution in [2.75, 3.05) is 44.0 Å². The summed E-state index contributed by atoms with van der Waals surface area (Å²) in [5.74, 6) is -2.17. The van der Waals surface area contributed by atoms with Crippen molar-refractivity contribution in [2.24, 2.45) is 0 Å². The standard InChI is InChI=1S/C20H22F2N2O5S2/c1-2-29-19-6-4-15(31(26,27)24-7-9-28-10-8-24)12-18(19)23-20(25)13-30-14-3-5-16(21)17(22)11-14/h3-6,11-12H,2,7-10,13H2,1H3,(H,23,25). The Morgan fingerprint density at radius 1 is 1.16 bits per heavy atom. The van der Waals surface area contributed by atoms with Crippen LogP contribution in [0.5, 0.6) is 5.75 Å². The number of nitrogens with one attached hydrogen (secondary N) is 1. The van der Waals surface area contributed by atoms with E-state index in [4.69, 9.17) is 9.47 Å². The Balaban J connectivity index is 1.75. The number of anilines is 1. The highest BCUT2D eigenvalue weighted by Gasteiger charge is 2.27. The Labute approximate surface area is 183 Å². The Bertz CT molecular complexity index is 1040. The topological polar surface area (TPSA) is 84.9 Å². The number of carbonyl (C=O) groups is 1.